The number of fused-ring (bicyclic) bond motifs is 1. The van der Waals surface area contributed by atoms with Crippen molar-refractivity contribution in [3.05, 3.63) is 70.7 Å². The molecule has 1 aliphatic rings. The number of rotatable bonds is 4. The first kappa shape index (κ1) is 19.1. The van der Waals surface area contributed by atoms with Crippen LogP contribution in [0.2, 0.25) is 0 Å². The maximum absolute atomic E-state index is 13.3. The Labute approximate surface area is 170 Å². The summed E-state index contributed by atoms with van der Waals surface area (Å²) in [6.45, 7) is 5.21. The van der Waals surface area contributed by atoms with Crippen molar-refractivity contribution in [1.29, 1.82) is 0 Å². The van der Waals surface area contributed by atoms with Crippen LogP contribution in [0, 0.1) is 13.8 Å². The van der Waals surface area contributed by atoms with E-state index in [9.17, 15) is 4.79 Å². The highest BCUT2D eigenvalue weighted by atomic mass is 16.5. The minimum atomic E-state index is 0.0423. The number of hydrogen-bond donors (Lipinski definition) is 0. The molecule has 29 heavy (non-hydrogen) atoms. The molecule has 0 fully saturated rings. The summed E-state index contributed by atoms with van der Waals surface area (Å²) >= 11 is 0. The van der Waals surface area contributed by atoms with E-state index >= 15 is 0 Å². The fourth-order valence-electron chi connectivity index (χ4n) is 4.04. The molecule has 1 aliphatic heterocycles. The molecule has 0 bridgehead atoms. The van der Waals surface area contributed by atoms with E-state index in [1.54, 1.807) is 20.4 Å². The summed E-state index contributed by atoms with van der Waals surface area (Å²) in [7, 11) is 3.27. The molecule has 6 nitrogen and oxygen atoms in total. The summed E-state index contributed by atoms with van der Waals surface area (Å²) in [5.41, 5.74) is 4.92. The molecule has 0 aliphatic carbocycles. The van der Waals surface area contributed by atoms with E-state index < -0.39 is 0 Å². The quantitative estimate of drug-likeness (QED) is 0.680. The Morgan fingerprint density at radius 2 is 1.76 bits per heavy atom. The maximum Gasteiger partial charge on any atom is 0.256 e. The van der Waals surface area contributed by atoms with Gasteiger partial charge in [0.05, 0.1) is 19.8 Å². The highest BCUT2D eigenvalue weighted by Crippen LogP contribution is 2.34. The van der Waals surface area contributed by atoms with Crippen molar-refractivity contribution in [2.24, 2.45) is 0 Å². The second kappa shape index (κ2) is 7.62. The largest absolute Gasteiger partial charge is 0.493 e. The number of carbonyl (C=O) groups is 1. The molecule has 3 heterocycles. The molecule has 4 rings (SSSR count). The lowest BCUT2D eigenvalue weighted by molar-refractivity contribution is 0.0733. The second-order valence-corrected chi connectivity index (χ2v) is 7.26. The first-order chi connectivity index (χ1) is 14.0. The Balaban J connectivity index is 1.64. The number of aryl methyl sites for hydroxylation is 1. The summed E-state index contributed by atoms with van der Waals surface area (Å²) in [5, 5.41) is 0. The van der Waals surface area contributed by atoms with Crippen molar-refractivity contribution < 1.29 is 14.3 Å². The van der Waals surface area contributed by atoms with Gasteiger partial charge >= 0.3 is 0 Å². The molecule has 150 valence electrons. The number of ether oxygens (including phenoxy) is 2. The standard InChI is InChI=1S/C23H25N3O3/c1-15-11-19(16(2)26(15)22-7-5-6-9-24-22)23(27)25-10-8-17-12-20(28-3)21(29-4)13-18(17)14-25/h5-7,9,11-13H,8,10,14H2,1-4H3. The number of carbonyl (C=O) groups excluding carboxylic acids is 1. The molecule has 6 heteroatoms. The van der Waals surface area contributed by atoms with Crippen LogP contribution >= 0.6 is 0 Å². The van der Waals surface area contributed by atoms with Crippen molar-refractivity contribution in [1.82, 2.24) is 14.5 Å². The minimum absolute atomic E-state index is 0.0423. The highest BCUT2D eigenvalue weighted by molar-refractivity contribution is 5.96. The molecule has 0 saturated heterocycles. The summed E-state index contributed by atoms with van der Waals surface area (Å²) in [4.78, 5) is 19.7. The Morgan fingerprint density at radius 1 is 1.03 bits per heavy atom. The van der Waals surface area contributed by atoms with Crippen LogP contribution in [0.15, 0.2) is 42.6 Å². The average Bonchev–Trinajstić information content (AvgIpc) is 3.06. The molecule has 0 N–H and O–H groups in total. The van der Waals surface area contributed by atoms with Crippen molar-refractivity contribution in [2.45, 2.75) is 26.8 Å². The van der Waals surface area contributed by atoms with Crippen LogP contribution in [0.25, 0.3) is 5.82 Å². The van der Waals surface area contributed by atoms with Crippen LogP contribution in [0.4, 0.5) is 0 Å². The van der Waals surface area contributed by atoms with E-state index in [0.29, 0.717) is 18.8 Å². The van der Waals surface area contributed by atoms with Crippen molar-refractivity contribution >= 4 is 5.91 Å². The molecular formula is C23H25N3O3. The lowest BCUT2D eigenvalue weighted by Gasteiger charge is -2.29. The smallest absolute Gasteiger partial charge is 0.256 e. The first-order valence-electron chi connectivity index (χ1n) is 9.67. The summed E-state index contributed by atoms with van der Waals surface area (Å²) < 4.78 is 12.9. The van der Waals surface area contributed by atoms with E-state index in [0.717, 1.165) is 40.5 Å². The second-order valence-electron chi connectivity index (χ2n) is 7.26. The van der Waals surface area contributed by atoms with Gasteiger partial charge in [-0.1, -0.05) is 6.07 Å². The molecule has 1 aromatic carbocycles. The topological polar surface area (TPSA) is 56.6 Å². The van der Waals surface area contributed by atoms with E-state index in [-0.39, 0.29) is 5.91 Å². The monoisotopic (exact) mass is 391 g/mol. The molecule has 0 radical (unpaired) electrons. The number of aromatic nitrogens is 2. The summed E-state index contributed by atoms with van der Waals surface area (Å²) in [6, 6.07) is 11.7. The summed E-state index contributed by atoms with van der Waals surface area (Å²) in [5.74, 6) is 2.28. The van der Waals surface area contributed by atoms with Gasteiger partial charge in [-0.2, -0.15) is 0 Å². The van der Waals surface area contributed by atoms with Crippen LogP contribution in [-0.2, 0) is 13.0 Å². The normalized spacial score (nSPS) is 13.2. The van der Waals surface area contributed by atoms with Crippen LogP contribution in [-0.4, -0.2) is 41.1 Å². The van der Waals surface area contributed by atoms with Crippen LogP contribution in [0.3, 0.4) is 0 Å². The molecule has 3 aromatic rings. The number of hydrogen-bond acceptors (Lipinski definition) is 4. The highest BCUT2D eigenvalue weighted by Gasteiger charge is 2.26. The van der Waals surface area contributed by atoms with E-state index in [1.807, 2.05) is 59.7 Å². The van der Waals surface area contributed by atoms with Gasteiger partial charge in [-0.25, -0.2) is 4.98 Å². The van der Waals surface area contributed by atoms with Gasteiger partial charge in [-0.15, -0.1) is 0 Å². The number of methoxy groups -OCH3 is 2. The molecule has 0 atom stereocenters. The molecule has 0 spiro atoms. The number of pyridine rings is 1. The Bertz CT molecular complexity index is 1060. The number of benzene rings is 1. The predicted octanol–water partition coefficient (Wildman–Crippen LogP) is 3.70. The van der Waals surface area contributed by atoms with Crippen molar-refractivity contribution in [3.63, 3.8) is 0 Å². The van der Waals surface area contributed by atoms with E-state index in [1.165, 1.54) is 5.56 Å². The third-order valence-electron chi connectivity index (χ3n) is 5.55. The fraction of sp³-hybridized carbons (Fsp3) is 0.304. The zero-order valence-electron chi connectivity index (χ0n) is 17.2. The Hall–Kier alpha value is -3.28. The summed E-state index contributed by atoms with van der Waals surface area (Å²) in [6.07, 6.45) is 2.55. The third kappa shape index (κ3) is 3.35. The lowest BCUT2D eigenvalue weighted by Crippen LogP contribution is -2.36. The van der Waals surface area contributed by atoms with Gasteiger partial charge in [0.2, 0.25) is 0 Å². The van der Waals surface area contributed by atoms with Gasteiger partial charge in [0.1, 0.15) is 5.82 Å². The fourth-order valence-corrected chi connectivity index (χ4v) is 4.04. The molecule has 1 amide bonds. The molecule has 0 saturated carbocycles. The van der Waals surface area contributed by atoms with Crippen molar-refractivity contribution in [3.8, 4) is 17.3 Å². The van der Waals surface area contributed by atoms with Gasteiger partial charge in [0, 0.05) is 30.7 Å². The Kier molecular flexibility index (Phi) is 5.01. The van der Waals surface area contributed by atoms with Gasteiger partial charge < -0.3 is 18.9 Å². The van der Waals surface area contributed by atoms with Gasteiger partial charge in [-0.3, -0.25) is 4.79 Å². The number of nitrogens with zero attached hydrogens (tertiary/aromatic N) is 3. The van der Waals surface area contributed by atoms with Crippen LogP contribution in [0.1, 0.15) is 32.9 Å². The molecule has 2 aromatic heterocycles. The van der Waals surface area contributed by atoms with Crippen LogP contribution in [0.5, 0.6) is 11.5 Å². The zero-order valence-corrected chi connectivity index (χ0v) is 17.2. The predicted molar refractivity (Wildman–Crippen MR) is 111 cm³/mol. The SMILES string of the molecule is COc1cc2c(cc1OC)CN(C(=O)c1cc(C)n(-c3ccccn3)c1C)CC2. The van der Waals surface area contributed by atoms with Crippen molar-refractivity contribution in [2.75, 3.05) is 20.8 Å². The van der Waals surface area contributed by atoms with Gasteiger partial charge in [-0.05, 0) is 61.7 Å². The molecule has 0 unspecified atom stereocenters. The van der Waals surface area contributed by atoms with E-state index in [4.69, 9.17) is 9.47 Å². The maximum atomic E-state index is 13.3. The third-order valence-corrected chi connectivity index (χ3v) is 5.55. The Morgan fingerprint density at radius 3 is 2.41 bits per heavy atom. The van der Waals surface area contributed by atoms with Gasteiger partial charge in [0.25, 0.3) is 5.91 Å². The molecular weight excluding hydrogens is 366 g/mol. The lowest BCUT2D eigenvalue weighted by atomic mass is 9.98. The zero-order chi connectivity index (χ0) is 20.5. The van der Waals surface area contributed by atoms with E-state index in [2.05, 4.69) is 4.98 Å². The van der Waals surface area contributed by atoms with Gasteiger partial charge in [0.15, 0.2) is 11.5 Å². The average molecular weight is 391 g/mol. The van der Waals surface area contributed by atoms with Crippen LogP contribution < -0.4 is 9.47 Å². The number of amides is 1. The first-order valence-corrected chi connectivity index (χ1v) is 9.67. The minimum Gasteiger partial charge on any atom is -0.493 e.